The van der Waals surface area contributed by atoms with E-state index < -0.39 is 16.9 Å². The Morgan fingerprint density at radius 1 is 1.13 bits per heavy atom. The molecule has 0 aliphatic heterocycles. The van der Waals surface area contributed by atoms with Gasteiger partial charge in [0.05, 0.1) is 5.41 Å². The second-order valence-corrected chi connectivity index (χ2v) is 7.87. The molecule has 2 N–H and O–H groups in total. The zero-order valence-corrected chi connectivity index (χ0v) is 15.0. The van der Waals surface area contributed by atoms with Crippen LogP contribution in [0.25, 0.3) is 0 Å². The maximum absolute atomic E-state index is 12.1. The predicted molar refractivity (Wildman–Crippen MR) is 85.0 cm³/mol. The lowest BCUT2D eigenvalue weighted by atomic mass is 9.74. The van der Waals surface area contributed by atoms with Crippen LogP contribution in [0.1, 0.15) is 66.6 Å². The van der Waals surface area contributed by atoms with Crippen LogP contribution in [0.5, 0.6) is 0 Å². The molecule has 0 radical (unpaired) electrons. The molecule has 0 fully saturated rings. The maximum Gasteiger partial charge on any atom is 0.311 e. The summed E-state index contributed by atoms with van der Waals surface area (Å²) in [7, 11) is 0. The van der Waals surface area contributed by atoms with E-state index in [2.05, 4.69) is 15.5 Å². The normalized spacial score (nSPS) is 13.0. The van der Waals surface area contributed by atoms with Crippen LogP contribution in [0.4, 0.5) is 0 Å². The number of rotatable bonds is 6. The number of amides is 1. The molecule has 1 heterocycles. The molecule has 0 saturated carbocycles. The van der Waals surface area contributed by atoms with Gasteiger partial charge in [-0.15, -0.1) is 0 Å². The van der Waals surface area contributed by atoms with E-state index in [0.717, 1.165) is 0 Å². The number of hydrogen-bond acceptors (Lipinski definition) is 5. The third-order valence-corrected chi connectivity index (χ3v) is 4.25. The number of nitrogens with zero attached hydrogens (tertiary/aromatic N) is 2. The zero-order valence-electron chi connectivity index (χ0n) is 15.0. The summed E-state index contributed by atoms with van der Waals surface area (Å²) in [5.74, 6) is -0.213. The number of aromatic nitrogens is 2. The van der Waals surface area contributed by atoms with Crippen molar-refractivity contribution in [3.05, 3.63) is 11.7 Å². The SMILES string of the molecule is CC(C)(C)c1noc(CCC(=O)NC(C)(C)C(C)(C)C(=O)O)n1. The molecule has 0 unspecified atom stereocenters. The van der Waals surface area contributed by atoms with Crippen LogP contribution < -0.4 is 5.32 Å². The maximum atomic E-state index is 12.1. The van der Waals surface area contributed by atoms with Crippen LogP contribution in [0.2, 0.25) is 0 Å². The summed E-state index contributed by atoms with van der Waals surface area (Å²) in [5.41, 5.74) is -2.19. The lowest BCUT2D eigenvalue weighted by molar-refractivity contribution is -0.151. The van der Waals surface area contributed by atoms with Crippen LogP contribution >= 0.6 is 0 Å². The topological polar surface area (TPSA) is 105 Å². The molecule has 7 heteroatoms. The monoisotopic (exact) mass is 325 g/mol. The van der Waals surface area contributed by atoms with E-state index in [-0.39, 0.29) is 17.7 Å². The first-order chi connectivity index (χ1) is 10.3. The number of nitrogens with one attached hydrogen (secondary N) is 1. The van der Waals surface area contributed by atoms with Crippen LogP contribution in [0.3, 0.4) is 0 Å². The zero-order chi connectivity index (χ0) is 18.1. The molecule has 0 aromatic carbocycles. The Bertz CT molecular complexity index is 582. The molecule has 0 spiro atoms. The molecule has 1 rings (SSSR count). The second kappa shape index (κ2) is 6.29. The van der Waals surface area contributed by atoms with Crippen molar-refractivity contribution in [3.8, 4) is 0 Å². The van der Waals surface area contributed by atoms with E-state index in [9.17, 15) is 14.7 Å². The van der Waals surface area contributed by atoms with E-state index in [0.29, 0.717) is 18.1 Å². The lowest BCUT2D eigenvalue weighted by Crippen LogP contribution is -2.57. The Labute approximate surface area is 136 Å². The van der Waals surface area contributed by atoms with Crippen molar-refractivity contribution in [2.24, 2.45) is 5.41 Å². The lowest BCUT2D eigenvalue weighted by Gasteiger charge is -2.38. The van der Waals surface area contributed by atoms with Crippen LogP contribution in [-0.4, -0.2) is 32.7 Å². The van der Waals surface area contributed by atoms with E-state index in [1.165, 1.54) is 0 Å². The summed E-state index contributed by atoms with van der Waals surface area (Å²) in [6.45, 7) is 12.5. The average molecular weight is 325 g/mol. The van der Waals surface area contributed by atoms with Gasteiger partial charge in [-0.25, -0.2) is 0 Å². The van der Waals surface area contributed by atoms with Crippen LogP contribution in [-0.2, 0) is 21.4 Å². The number of carboxylic acids is 1. The number of carbonyl (C=O) groups excluding carboxylic acids is 1. The number of aliphatic carboxylic acids is 1. The number of hydrogen-bond donors (Lipinski definition) is 2. The highest BCUT2D eigenvalue weighted by atomic mass is 16.5. The molecule has 0 aliphatic carbocycles. The Hall–Kier alpha value is -1.92. The highest BCUT2D eigenvalue weighted by molar-refractivity contribution is 5.80. The Balaban J connectivity index is 2.64. The predicted octanol–water partition coefficient (Wildman–Crippen LogP) is 2.31. The summed E-state index contributed by atoms with van der Waals surface area (Å²) in [6, 6.07) is 0. The Kier molecular flexibility index (Phi) is 5.23. The fourth-order valence-electron chi connectivity index (χ4n) is 1.72. The van der Waals surface area contributed by atoms with Gasteiger partial charge in [0.15, 0.2) is 5.82 Å². The summed E-state index contributed by atoms with van der Waals surface area (Å²) in [5, 5.41) is 16.0. The number of carbonyl (C=O) groups is 2. The molecular weight excluding hydrogens is 298 g/mol. The van der Waals surface area contributed by atoms with E-state index >= 15 is 0 Å². The van der Waals surface area contributed by atoms with Crippen molar-refractivity contribution in [2.45, 2.75) is 72.3 Å². The quantitative estimate of drug-likeness (QED) is 0.831. The molecule has 0 saturated heterocycles. The largest absolute Gasteiger partial charge is 0.481 e. The first kappa shape index (κ1) is 19.1. The van der Waals surface area contributed by atoms with Gasteiger partial charge in [0.25, 0.3) is 0 Å². The summed E-state index contributed by atoms with van der Waals surface area (Å²) in [4.78, 5) is 27.7. The average Bonchev–Trinajstić information content (AvgIpc) is 2.84. The third kappa shape index (κ3) is 4.53. The van der Waals surface area contributed by atoms with Crippen molar-refractivity contribution in [3.63, 3.8) is 0 Å². The summed E-state index contributed by atoms with van der Waals surface area (Å²) >= 11 is 0. The first-order valence-corrected chi connectivity index (χ1v) is 7.65. The standard InChI is InChI=1S/C16H27N3O4/c1-14(2,3)12-17-11(23-19-12)9-8-10(20)18-16(6,7)15(4,5)13(21)22/h8-9H2,1-7H3,(H,18,20)(H,21,22). The minimum atomic E-state index is -1.09. The van der Waals surface area contributed by atoms with Gasteiger partial charge in [-0.3, -0.25) is 9.59 Å². The van der Waals surface area contributed by atoms with Crippen LogP contribution in [0, 0.1) is 5.41 Å². The number of carboxylic acid groups (broad SMARTS) is 1. The van der Waals surface area contributed by atoms with Gasteiger partial charge >= 0.3 is 5.97 Å². The molecular formula is C16H27N3O4. The van der Waals surface area contributed by atoms with Crippen molar-refractivity contribution >= 4 is 11.9 Å². The van der Waals surface area contributed by atoms with Gasteiger partial charge in [0, 0.05) is 23.8 Å². The van der Waals surface area contributed by atoms with Crippen molar-refractivity contribution in [2.75, 3.05) is 0 Å². The van der Waals surface area contributed by atoms with Crippen molar-refractivity contribution in [1.82, 2.24) is 15.5 Å². The highest BCUT2D eigenvalue weighted by Crippen LogP contribution is 2.30. The minimum Gasteiger partial charge on any atom is -0.481 e. The number of aryl methyl sites for hydroxylation is 1. The second-order valence-electron chi connectivity index (χ2n) is 7.87. The molecule has 1 amide bonds. The molecule has 0 atom stereocenters. The molecule has 23 heavy (non-hydrogen) atoms. The Morgan fingerprint density at radius 2 is 1.70 bits per heavy atom. The minimum absolute atomic E-state index is 0.158. The molecule has 1 aromatic rings. The third-order valence-electron chi connectivity index (χ3n) is 4.25. The smallest absolute Gasteiger partial charge is 0.311 e. The molecule has 130 valence electrons. The van der Waals surface area contributed by atoms with Gasteiger partial charge in [0.1, 0.15) is 0 Å². The van der Waals surface area contributed by atoms with Gasteiger partial charge in [-0.2, -0.15) is 4.98 Å². The van der Waals surface area contributed by atoms with Crippen LogP contribution in [0.15, 0.2) is 4.52 Å². The van der Waals surface area contributed by atoms with E-state index in [1.54, 1.807) is 27.7 Å². The highest BCUT2D eigenvalue weighted by Gasteiger charge is 2.44. The molecule has 0 aliphatic rings. The fraction of sp³-hybridized carbons (Fsp3) is 0.750. The van der Waals surface area contributed by atoms with Gasteiger partial charge in [-0.05, 0) is 27.7 Å². The van der Waals surface area contributed by atoms with E-state index in [1.807, 2.05) is 20.8 Å². The van der Waals surface area contributed by atoms with Crippen molar-refractivity contribution < 1.29 is 19.2 Å². The molecule has 0 bridgehead atoms. The first-order valence-electron chi connectivity index (χ1n) is 7.65. The van der Waals surface area contributed by atoms with Gasteiger partial charge < -0.3 is 14.9 Å². The summed E-state index contributed by atoms with van der Waals surface area (Å²) in [6.07, 6.45) is 0.476. The Morgan fingerprint density at radius 3 is 2.13 bits per heavy atom. The molecule has 1 aromatic heterocycles. The summed E-state index contributed by atoms with van der Waals surface area (Å²) < 4.78 is 5.14. The van der Waals surface area contributed by atoms with Gasteiger partial charge in [-0.1, -0.05) is 25.9 Å². The van der Waals surface area contributed by atoms with Crippen molar-refractivity contribution in [1.29, 1.82) is 0 Å². The molecule has 7 nitrogen and oxygen atoms in total. The van der Waals surface area contributed by atoms with Gasteiger partial charge in [0.2, 0.25) is 11.8 Å². The van der Waals surface area contributed by atoms with E-state index in [4.69, 9.17) is 4.52 Å². The fourth-order valence-corrected chi connectivity index (χ4v) is 1.72.